The molecule has 2 aromatic rings. The minimum atomic E-state index is 0.110. The van der Waals surface area contributed by atoms with E-state index in [4.69, 9.17) is 4.74 Å². The molecule has 0 aliphatic carbocycles. The highest BCUT2D eigenvalue weighted by molar-refractivity contribution is 7.99. The first-order valence-electron chi connectivity index (χ1n) is 7.35. The third-order valence-electron chi connectivity index (χ3n) is 3.21. The van der Waals surface area contributed by atoms with E-state index in [1.165, 1.54) is 4.90 Å². The Kier molecular flexibility index (Phi) is 6.84. The van der Waals surface area contributed by atoms with E-state index in [2.05, 4.69) is 5.32 Å². The summed E-state index contributed by atoms with van der Waals surface area (Å²) in [5, 5.41) is 2.95. The van der Waals surface area contributed by atoms with Crippen molar-refractivity contribution < 1.29 is 9.53 Å². The average Bonchev–Trinajstić information content (AvgIpc) is 2.58. The second-order valence-electron chi connectivity index (χ2n) is 4.89. The molecule has 22 heavy (non-hydrogen) atoms. The van der Waals surface area contributed by atoms with Crippen LogP contribution in [0.25, 0.3) is 0 Å². The fraction of sp³-hybridized carbons (Fsp3) is 0.278. The van der Waals surface area contributed by atoms with E-state index in [0.717, 1.165) is 23.5 Å². The van der Waals surface area contributed by atoms with Crippen molar-refractivity contribution in [2.24, 2.45) is 0 Å². The Bertz CT molecular complexity index is 569. The summed E-state index contributed by atoms with van der Waals surface area (Å²) in [4.78, 5) is 13.0. The molecule has 116 valence electrons. The maximum atomic E-state index is 11.8. The first kappa shape index (κ1) is 16.4. The molecule has 1 N–H and O–H groups in total. The predicted octanol–water partition coefficient (Wildman–Crippen LogP) is 3.88. The van der Waals surface area contributed by atoms with Crippen molar-refractivity contribution in [2.45, 2.75) is 24.3 Å². The van der Waals surface area contributed by atoms with Crippen molar-refractivity contribution in [2.75, 3.05) is 12.9 Å². The highest BCUT2D eigenvalue weighted by Gasteiger charge is 2.02. The number of hydrogen-bond donors (Lipinski definition) is 1. The summed E-state index contributed by atoms with van der Waals surface area (Å²) in [7, 11) is 1.66. The highest BCUT2D eigenvalue weighted by Crippen LogP contribution is 2.22. The Morgan fingerprint density at radius 3 is 2.50 bits per heavy atom. The van der Waals surface area contributed by atoms with Crippen LogP contribution in [0.3, 0.4) is 0 Å². The van der Waals surface area contributed by atoms with Gasteiger partial charge in [-0.2, -0.15) is 0 Å². The van der Waals surface area contributed by atoms with Crippen LogP contribution in [0, 0.1) is 0 Å². The van der Waals surface area contributed by atoms with Gasteiger partial charge in [0.05, 0.1) is 7.11 Å². The molecule has 2 rings (SSSR count). The molecule has 2 aromatic carbocycles. The van der Waals surface area contributed by atoms with Crippen LogP contribution < -0.4 is 10.1 Å². The zero-order valence-electron chi connectivity index (χ0n) is 12.7. The second-order valence-corrected chi connectivity index (χ2v) is 6.06. The third kappa shape index (κ3) is 5.82. The van der Waals surface area contributed by atoms with Gasteiger partial charge < -0.3 is 10.1 Å². The van der Waals surface area contributed by atoms with E-state index in [0.29, 0.717) is 13.0 Å². The summed E-state index contributed by atoms with van der Waals surface area (Å²) in [6.07, 6.45) is 1.44. The zero-order chi connectivity index (χ0) is 15.6. The zero-order valence-corrected chi connectivity index (χ0v) is 13.6. The number of rotatable bonds is 8. The van der Waals surface area contributed by atoms with Crippen LogP contribution in [0.15, 0.2) is 59.5 Å². The van der Waals surface area contributed by atoms with E-state index in [1.54, 1.807) is 18.9 Å². The SMILES string of the molecule is COc1ccc(SCCCC(=O)NCc2ccccc2)cc1. The van der Waals surface area contributed by atoms with Crippen molar-refractivity contribution in [1.29, 1.82) is 0 Å². The molecule has 0 aliphatic heterocycles. The smallest absolute Gasteiger partial charge is 0.220 e. The lowest BCUT2D eigenvalue weighted by Crippen LogP contribution is -2.22. The number of methoxy groups -OCH3 is 1. The van der Waals surface area contributed by atoms with Crippen LogP contribution in [0.5, 0.6) is 5.75 Å². The molecule has 0 bridgehead atoms. The number of amides is 1. The quantitative estimate of drug-likeness (QED) is 0.593. The molecule has 0 unspecified atom stereocenters. The maximum Gasteiger partial charge on any atom is 0.220 e. The van der Waals surface area contributed by atoms with Crippen molar-refractivity contribution in [3.63, 3.8) is 0 Å². The van der Waals surface area contributed by atoms with Crippen LogP contribution in [-0.4, -0.2) is 18.8 Å². The molecule has 0 saturated carbocycles. The van der Waals surface area contributed by atoms with Crippen LogP contribution in [0.4, 0.5) is 0 Å². The lowest BCUT2D eigenvalue weighted by atomic mass is 10.2. The number of benzene rings is 2. The van der Waals surface area contributed by atoms with Gasteiger partial charge in [-0.3, -0.25) is 4.79 Å². The molecular weight excluding hydrogens is 294 g/mol. The molecule has 0 aliphatic rings. The number of ether oxygens (including phenoxy) is 1. The summed E-state index contributed by atoms with van der Waals surface area (Å²) in [6.45, 7) is 0.602. The van der Waals surface area contributed by atoms with Crippen molar-refractivity contribution in [3.05, 3.63) is 60.2 Å². The fourth-order valence-corrected chi connectivity index (χ4v) is 2.83. The van der Waals surface area contributed by atoms with E-state index in [9.17, 15) is 4.79 Å². The largest absolute Gasteiger partial charge is 0.497 e. The van der Waals surface area contributed by atoms with Gasteiger partial charge in [0.1, 0.15) is 5.75 Å². The summed E-state index contributed by atoms with van der Waals surface area (Å²) >= 11 is 1.76. The summed E-state index contributed by atoms with van der Waals surface area (Å²) < 4.78 is 5.13. The fourth-order valence-electron chi connectivity index (χ4n) is 1.98. The monoisotopic (exact) mass is 315 g/mol. The minimum Gasteiger partial charge on any atom is -0.497 e. The molecule has 4 heteroatoms. The molecular formula is C18H21NO2S. The van der Waals surface area contributed by atoms with Gasteiger partial charge in [-0.25, -0.2) is 0 Å². The average molecular weight is 315 g/mol. The first-order valence-corrected chi connectivity index (χ1v) is 8.34. The molecule has 0 atom stereocenters. The van der Waals surface area contributed by atoms with Gasteiger partial charge >= 0.3 is 0 Å². The Morgan fingerprint density at radius 2 is 1.82 bits per heavy atom. The normalized spacial score (nSPS) is 10.2. The minimum absolute atomic E-state index is 0.110. The molecule has 0 saturated heterocycles. The Labute approximate surface area is 136 Å². The second kappa shape index (κ2) is 9.15. The van der Waals surface area contributed by atoms with Crippen LogP contribution in [0.2, 0.25) is 0 Å². The molecule has 1 amide bonds. The summed E-state index contributed by atoms with van der Waals surface area (Å²) in [5.74, 6) is 1.91. The Hall–Kier alpha value is -1.94. The standard InChI is InChI=1S/C18H21NO2S/c1-21-16-9-11-17(12-10-16)22-13-5-8-18(20)19-14-15-6-3-2-4-7-15/h2-4,6-7,9-12H,5,8,13-14H2,1H3,(H,19,20). The predicted molar refractivity (Wildman–Crippen MR) is 91.2 cm³/mol. The van der Waals surface area contributed by atoms with Crippen molar-refractivity contribution in [1.82, 2.24) is 5.32 Å². The lowest BCUT2D eigenvalue weighted by Gasteiger charge is -2.06. The molecule has 3 nitrogen and oxygen atoms in total. The first-order chi connectivity index (χ1) is 10.8. The highest BCUT2D eigenvalue weighted by atomic mass is 32.2. The Morgan fingerprint density at radius 1 is 1.09 bits per heavy atom. The molecule has 0 fully saturated rings. The van der Waals surface area contributed by atoms with E-state index in [1.807, 2.05) is 54.6 Å². The van der Waals surface area contributed by atoms with Gasteiger partial charge in [-0.05, 0) is 42.0 Å². The lowest BCUT2D eigenvalue weighted by molar-refractivity contribution is -0.121. The van der Waals surface area contributed by atoms with E-state index >= 15 is 0 Å². The number of carbonyl (C=O) groups excluding carboxylic acids is 1. The molecule has 0 radical (unpaired) electrons. The van der Waals surface area contributed by atoms with Crippen LogP contribution in [0.1, 0.15) is 18.4 Å². The maximum absolute atomic E-state index is 11.8. The molecule has 0 aromatic heterocycles. The van der Waals surface area contributed by atoms with Gasteiger partial charge in [-0.15, -0.1) is 11.8 Å². The van der Waals surface area contributed by atoms with Crippen LogP contribution in [-0.2, 0) is 11.3 Å². The van der Waals surface area contributed by atoms with E-state index in [-0.39, 0.29) is 5.91 Å². The van der Waals surface area contributed by atoms with Crippen LogP contribution >= 0.6 is 11.8 Å². The number of carbonyl (C=O) groups is 1. The van der Waals surface area contributed by atoms with Gasteiger partial charge in [0.25, 0.3) is 0 Å². The van der Waals surface area contributed by atoms with E-state index < -0.39 is 0 Å². The van der Waals surface area contributed by atoms with Gasteiger partial charge in [0.2, 0.25) is 5.91 Å². The summed E-state index contributed by atoms with van der Waals surface area (Å²) in [6, 6.07) is 17.9. The van der Waals surface area contributed by atoms with Gasteiger partial charge in [-0.1, -0.05) is 30.3 Å². The summed E-state index contributed by atoms with van der Waals surface area (Å²) in [5.41, 5.74) is 1.13. The topological polar surface area (TPSA) is 38.3 Å². The van der Waals surface area contributed by atoms with Crippen molar-refractivity contribution in [3.8, 4) is 5.75 Å². The molecule has 0 heterocycles. The number of thioether (sulfide) groups is 1. The molecule has 0 spiro atoms. The van der Waals surface area contributed by atoms with Crippen molar-refractivity contribution >= 4 is 17.7 Å². The number of nitrogens with one attached hydrogen (secondary N) is 1. The van der Waals surface area contributed by atoms with Gasteiger partial charge in [0.15, 0.2) is 0 Å². The number of hydrogen-bond acceptors (Lipinski definition) is 3. The van der Waals surface area contributed by atoms with Gasteiger partial charge in [0, 0.05) is 17.9 Å². The third-order valence-corrected chi connectivity index (χ3v) is 4.31. The Balaban J connectivity index is 1.60.